The molecule has 2 bridgehead atoms. The molecule has 1 aromatic heterocycles. The minimum Gasteiger partial charge on any atom is -0.379 e. The van der Waals surface area contributed by atoms with Crippen molar-refractivity contribution in [3.8, 4) is 0 Å². The molecular formula is C23H27N3O3. The first-order valence-electron chi connectivity index (χ1n) is 10.6. The maximum atomic E-state index is 13.2. The zero-order valence-electron chi connectivity index (χ0n) is 16.6. The highest BCUT2D eigenvalue weighted by molar-refractivity contribution is 5.94. The standard InChI is InChI=1S/C23H27N3O3/c27-22(18-4-2-1-3-5-18)25-13-17-12-20(16-25)21-7-6-19(23(28)26(21)14-17)15-24-8-10-29-11-9-24/h1-7,17,20H,8-16H2/t17-,20+/m0/s1. The molecule has 2 fully saturated rings. The molecule has 1 amide bonds. The number of pyridine rings is 1. The average molecular weight is 393 g/mol. The smallest absolute Gasteiger partial charge is 0.255 e. The lowest BCUT2D eigenvalue weighted by atomic mass is 9.82. The van der Waals surface area contributed by atoms with E-state index in [0.717, 1.165) is 56.1 Å². The quantitative estimate of drug-likeness (QED) is 0.800. The van der Waals surface area contributed by atoms with Crippen molar-refractivity contribution in [3.05, 3.63) is 69.6 Å². The highest BCUT2D eigenvalue weighted by Gasteiger charge is 2.36. The van der Waals surface area contributed by atoms with Crippen molar-refractivity contribution in [1.82, 2.24) is 14.4 Å². The predicted octanol–water partition coefficient (Wildman–Crippen LogP) is 1.94. The number of ether oxygens (including phenoxy) is 1. The molecule has 0 radical (unpaired) electrons. The second-order valence-corrected chi connectivity index (χ2v) is 8.46. The third-order valence-corrected chi connectivity index (χ3v) is 6.49. The van der Waals surface area contributed by atoms with Crippen molar-refractivity contribution in [2.24, 2.45) is 5.92 Å². The first-order valence-corrected chi connectivity index (χ1v) is 10.6. The van der Waals surface area contributed by atoms with Gasteiger partial charge in [0.1, 0.15) is 0 Å². The molecule has 0 unspecified atom stereocenters. The van der Waals surface area contributed by atoms with Crippen LogP contribution in [0.2, 0.25) is 0 Å². The maximum Gasteiger partial charge on any atom is 0.255 e. The van der Waals surface area contributed by atoms with Crippen molar-refractivity contribution < 1.29 is 9.53 Å². The molecule has 29 heavy (non-hydrogen) atoms. The van der Waals surface area contributed by atoms with Gasteiger partial charge in [-0.15, -0.1) is 0 Å². The zero-order chi connectivity index (χ0) is 19.8. The molecule has 0 spiro atoms. The number of carbonyl (C=O) groups is 1. The molecule has 2 aromatic rings. The molecule has 6 nitrogen and oxygen atoms in total. The molecule has 0 aliphatic carbocycles. The fourth-order valence-corrected chi connectivity index (χ4v) is 5.04. The number of fused-ring (bicyclic) bond motifs is 4. The molecule has 3 aliphatic heterocycles. The van der Waals surface area contributed by atoms with Crippen molar-refractivity contribution in [2.75, 3.05) is 39.4 Å². The Balaban J connectivity index is 1.37. The summed E-state index contributed by atoms with van der Waals surface area (Å²) in [6.07, 6.45) is 1.06. The SMILES string of the molecule is O=C(c1ccccc1)N1C[C@@H]2C[C@H](C1)c1ccc(CN3CCOCC3)c(=O)n1C2. The lowest BCUT2D eigenvalue weighted by molar-refractivity contribution is 0.0338. The predicted molar refractivity (Wildman–Crippen MR) is 110 cm³/mol. The molecule has 0 saturated carbocycles. The molecule has 2 atom stereocenters. The number of morpholine rings is 1. The summed E-state index contributed by atoms with van der Waals surface area (Å²) in [5.74, 6) is 0.672. The van der Waals surface area contributed by atoms with Crippen molar-refractivity contribution in [1.29, 1.82) is 0 Å². The third-order valence-electron chi connectivity index (χ3n) is 6.49. The van der Waals surface area contributed by atoms with Crippen LogP contribution in [0.5, 0.6) is 0 Å². The number of amides is 1. The van der Waals surface area contributed by atoms with Gasteiger partial charge in [-0.3, -0.25) is 14.5 Å². The van der Waals surface area contributed by atoms with Crippen LogP contribution < -0.4 is 5.56 Å². The molecule has 2 saturated heterocycles. The Morgan fingerprint density at radius 2 is 1.79 bits per heavy atom. The van der Waals surface area contributed by atoms with Gasteiger partial charge >= 0.3 is 0 Å². The number of carbonyl (C=O) groups excluding carboxylic acids is 1. The van der Waals surface area contributed by atoms with E-state index < -0.39 is 0 Å². The second kappa shape index (κ2) is 7.76. The van der Waals surface area contributed by atoms with Crippen LogP contribution in [0.15, 0.2) is 47.3 Å². The number of piperidine rings is 1. The van der Waals surface area contributed by atoms with Crippen molar-refractivity contribution in [3.63, 3.8) is 0 Å². The Morgan fingerprint density at radius 1 is 1.00 bits per heavy atom. The highest BCUT2D eigenvalue weighted by atomic mass is 16.5. The summed E-state index contributed by atoms with van der Waals surface area (Å²) in [6, 6.07) is 13.6. The van der Waals surface area contributed by atoms with Crippen LogP contribution in [0.4, 0.5) is 0 Å². The van der Waals surface area contributed by atoms with Crippen LogP contribution in [0.1, 0.15) is 34.0 Å². The van der Waals surface area contributed by atoms with Gasteiger partial charge in [0.15, 0.2) is 0 Å². The van der Waals surface area contributed by atoms with Gasteiger partial charge in [0.25, 0.3) is 11.5 Å². The van der Waals surface area contributed by atoms with Crippen LogP contribution in [-0.4, -0.2) is 59.7 Å². The molecule has 0 N–H and O–H groups in total. The molecule has 1 aromatic carbocycles. The van der Waals surface area contributed by atoms with Gasteiger partial charge in [0.05, 0.1) is 13.2 Å². The van der Waals surface area contributed by atoms with E-state index in [-0.39, 0.29) is 17.4 Å². The van der Waals surface area contributed by atoms with Crippen molar-refractivity contribution >= 4 is 5.91 Å². The Hall–Kier alpha value is -2.44. The van der Waals surface area contributed by atoms with E-state index in [9.17, 15) is 9.59 Å². The molecule has 5 rings (SSSR count). The van der Waals surface area contributed by atoms with Gasteiger partial charge in [0.2, 0.25) is 0 Å². The molecule has 152 valence electrons. The normalized spacial score (nSPS) is 24.2. The van der Waals surface area contributed by atoms with Crippen LogP contribution in [-0.2, 0) is 17.8 Å². The topological polar surface area (TPSA) is 54.8 Å². The number of nitrogens with zero attached hydrogens (tertiary/aromatic N) is 3. The highest BCUT2D eigenvalue weighted by Crippen LogP contribution is 2.35. The van der Waals surface area contributed by atoms with Crippen molar-refractivity contribution in [2.45, 2.75) is 25.4 Å². The molecule has 6 heteroatoms. The van der Waals surface area contributed by atoms with E-state index in [0.29, 0.717) is 25.6 Å². The Labute approximate surface area is 170 Å². The zero-order valence-corrected chi connectivity index (χ0v) is 16.6. The van der Waals surface area contributed by atoms with E-state index >= 15 is 0 Å². The fourth-order valence-electron chi connectivity index (χ4n) is 5.04. The lowest BCUT2D eigenvalue weighted by Crippen LogP contribution is -2.49. The Morgan fingerprint density at radius 3 is 2.59 bits per heavy atom. The number of hydrogen-bond donors (Lipinski definition) is 0. The van der Waals surface area contributed by atoms with Crippen LogP contribution in [0.3, 0.4) is 0 Å². The minimum absolute atomic E-state index is 0.0973. The number of aromatic nitrogens is 1. The summed E-state index contributed by atoms with van der Waals surface area (Å²) in [6.45, 7) is 6.04. The Kier molecular flexibility index (Phi) is 4.97. The summed E-state index contributed by atoms with van der Waals surface area (Å²) in [5.41, 5.74) is 2.84. The summed E-state index contributed by atoms with van der Waals surface area (Å²) < 4.78 is 7.40. The number of hydrogen-bond acceptors (Lipinski definition) is 4. The summed E-state index contributed by atoms with van der Waals surface area (Å²) >= 11 is 0. The van der Waals surface area contributed by atoms with Gasteiger partial charge in [-0.1, -0.05) is 24.3 Å². The van der Waals surface area contributed by atoms with Gasteiger partial charge in [-0.2, -0.15) is 0 Å². The van der Waals surface area contributed by atoms with Crippen LogP contribution in [0.25, 0.3) is 0 Å². The van der Waals surface area contributed by atoms with Gasteiger partial charge < -0.3 is 14.2 Å². The third kappa shape index (κ3) is 3.63. The van der Waals surface area contributed by atoms with Gasteiger partial charge in [0, 0.05) is 62.0 Å². The van der Waals surface area contributed by atoms with E-state index in [2.05, 4.69) is 11.0 Å². The maximum absolute atomic E-state index is 13.2. The largest absolute Gasteiger partial charge is 0.379 e. The number of rotatable bonds is 3. The van der Waals surface area contributed by atoms with E-state index in [1.54, 1.807) is 0 Å². The average Bonchev–Trinajstić information content (AvgIpc) is 2.77. The van der Waals surface area contributed by atoms with Gasteiger partial charge in [-0.05, 0) is 30.5 Å². The minimum atomic E-state index is 0.0973. The summed E-state index contributed by atoms with van der Waals surface area (Å²) in [5, 5.41) is 0. The summed E-state index contributed by atoms with van der Waals surface area (Å²) in [7, 11) is 0. The van der Waals surface area contributed by atoms with Crippen LogP contribution in [0, 0.1) is 5.92 Å². The lowest BCUT2D eigenvalue weighted by Gasteiger charge is -2.43. The molecule has 3 aliphatic rings. The summed E-state index contributed by atoms with van der Waals surface area (Å²) in [4.78, 5) is 30.4. The number of likely N-dealkylation sites (tertiary alicyclic amines) is 1. The van der Waals surface area contributed by atoms with Gasteiger partial charge in [-0.25, -0.2) is 0 Å². The number of benzene rings is 1. The van der Waals surface area contributed by atoms with Crippen LogP contribution >= 0.6 is 0 Å². The van der Waals surface area contributed by atoms with E-state index in [1.165, 1.54) is 0 Å². The molecular weight excluding hydrogens is 366 g/mol. The Bertz CT molecular complexity index is 950. The molecule has 4 heterocycles. The van der Waals surface area contributed by atoms with E-state index in [1.807, 2.05) is 45.9 Å². The second-order valence-electron chi connectivity index (χ2n) is 8.46. The van der Waals surface area contributed by atoms with E-state index in [4.69, 9.17) is 4.74 Å². The first-order chi connectivity index (χ1) is 14.2. The monoisotopic (exact) mass is 393 g/mol. The first kappa shape index (κ1) is 18.6. The fraction of sp³-hybridized carbons (Fsp3) is 0.478.